The highest BCUT2D eigenvalue weighted by Gasteiger charge is 2.52. The average molecular weight is 302 g/mol. The van der Waals surface area contributed by atoms with Crippen molar-refractivity contribution >= 4 is 18.6 Å². The van der Waals surface area contributed by atoms with Gasteiger partial charge in [0.1, 0.15) is 0 Å². The number of hydrogen-bond donors (Lipinski definition) is 1. The first-order chi connectivity index (χ1) is 10.2. The highest BCUT2D eigenvalue weighted by molar-refractivity contribution is 6.62. The third kappa shape index (κ3) is 2.57. The summed E-state index contributed by atoms with van der Waals surface area (Å²) in [5.41, 5.74) is 1.23. The largest absolute Gasteiger partial charge is 0.494 e. The molecule has 0 radical (unpaired) electrons. The first-order valence-corrected chi connectivity index (χ1v) is 7.83. The summed E-state index contributed by atoms with van der Waals surface area (Å²) in [7, 11) is -0.367. The smallest absolute Gasteiger partial charge is 0.481 e. The molecule has 0 atom stereocenters. The third-order valence-corrected chi connectivity index (χ3v) is 5.39. The zero-order chi connectivity index (χ0) is 16.2. The molecule has 0 unspecified atom stereocenters. The van der Waals surface area contributed by atoms with Crippen molar-refractivity contribution in [2.75, 3.05) is 0 Å². The molecule has 2 aliphatic rings. The highest BCUT2D eigenvalue weighted by atomic mass is 16.7. The Hall–Kier alpha value is -1.33. The van der Waals surface area contributed by atoms with E-state index in [-0.39, 0.29) is 30.2 Å². The second-order valence-corrected chi connectivity index (χ2v) is 7.56. The van der Waals surface area contributed by atoms with Crippen LogP contribution in [-0.4, -0.2) is 29.4 Å². The van der Waals surface area contributed by atoms with E-state index in [1.54, 1.807) is 0 Å². The van der Waals surface area contributed by atoms with Crippen LogP contribution in [0, 0.1) is 0 Å². The zero-order valence-corrected chi connectivity index (χ0v) is 13.7. The molecule has 4 nitrogen and oxygen atoms in total. The van der Waals surface area contributed by atoms with Crippen LogP contribution in [0.5, 0.6) is 0 Å². The molecule has 1 saturated heterocycles. The van der Waals surface area contributed by atoms with E-state index in [2.05, 4.69) is 0 Å². The van der Waals surface area contributed by atoms with Crippen molar-refractivity contribution in [1.82, 2.24) is 0 Å². The molecule has 1 aromatic carbocycles. The van der Waals surface area contributed by atoms with Crippen molar-refractivity contribution in [2.45, 2.75) is 63.6 Å². The predicted octanol–water partition coefficient (Wildman–Crippen LogP) is 2.49. The van der Waals surface area contributed by atoms with Gasteiger partial charge in [0, 0.05) is 5.41 Å². The SMILES string of the molecule is CC1(C)OB(c2ccc(C3(CC(=O)O)CC3)cc2)OC1(C)C. The first kappa shape index (κ1) is 15.6. The van der Waals surface area contributed by atoms with Gasteiger partial charge < -0.3 is 14.4 Å². The molecule has 1 heterocycles. The van der Waals surface area contributed by atoms with Gasteiger partial charge in [0.2, 0.25) is 0 Å². The summed E-state index contributed by atoms with van der Waals surface area (Å²) < 4.78 is 12.1. The van der Waals surface area contributed by atoms with Crippen LogP contribution in [0.25, 0.3) is 0 Å². The number of carbonyl (C=O) groups is 1. The molecule has 5 heteroatoms. The van der Waals surface area contributed by atoms with Crippen molar-refractivity contribution in [3.63, 3.8) is 0 Å². The molecule has 1 saturated carbocycles. The topological polar surface area (TPSA) is 55.8 Å². The standard InChI is InChI=1S/C17H23BO4/c1-15(2)16(3,4)22-18(21-15)13-7-5-12(6-8-13)17(9-10-17)11-14(19)20/h5-8H,9-11H2,1-4H3,(H,19,20). The molecule has 0 bridgehead atoms. The lowest BCUT2D eigenvalue weighted by Gasteiger charge is -2.32. The number of aliphatic carboxylic acids is 1. The van der Waals surface area contributed by atoms with Gasteiger partial charge in [0.25, 0.3) is 0 Å². The van der Waals surface area contributed by atoms with E-state index in [0.717, 1.165) is 23.9 Å². The first-order valence-electron chi connectivity index (χ1n) is 7.83. The van der Waals surface area contributed by atoms with Crippen LogP contribution >= 0.6 is 0 Å². The van der Waals surface area contributed by atoms with Gasteiger partial charge in [-0.15, -0.1) is 0 Å². The van der Waals surface area contributed by atoms with E-state index in [4.69, 9.17) is 14.4 Å². The molecule has 1 aromatic rings. The molecule has 1 N–H and O–H groups in total. The summed E-state index contributed by atoms with van der Waals surface area (Å²) in [6.07, 6.45) is 2.12. The Morgan fingerprint density at radius 2 is 1.59 bits per heavy atom. The number of benzene rings is 1. The molecule has 1 aliphatic heterocycles. The summed E-state index contributed by atoms with van der Waals surface area (Å²) >= 11 is 0. The van der Waals surface area contributed by atoms with E-state index < -0.39 is 5.97 Å². The molecule has 2 fully saturated rings. The van der Waals surface area contributed by atoms with Gasteiger partial charge in [0.15, 0.2) is 0 Å². The van der Waals surface area contributed by atoms with E-state index >= 15 is 0 Å². The van der Waals surface area contributed by atoms with Crippen LogP contribution in [0.4, 0.5) is 0 Å². The lowest BCUT2D eigenvalue weighted by molar-refractivity contribution is -0.137. The quantitative estimate of drug-likeness (QED) is 0.868. The highest BCUT2D eigenvalue weighted by Crippen LogP contribution is 2.50. The van der Waals surface area contributed by atoms with Crippen LogP contribution in [0.15, 0.2) is 24.3 Å². The fourth-order valence-corrected chi connectivity index (χ4v) is 2.98. The molecule has 22 heavy (non-hydrogen) atoms. The Labute approximate surface area is 132 Å². The van der Waals surface area contributed by atoms with Crippen LogP contribution < -0.4 is 5.46 Å². The average Bonchev–Trinajstić information content (AvgIpc) is 3.13. The Morgan fingerprint density at radius 1 is 1.09 bits per heavy atom. The van der Waals surface area contributed by atoms with Crippen LogP contribution in [0.2, 0.25) is 0 Å². The fraction of sp³-hybridized carbons (Fsp3) is 0.588. The van der Waals surface area contributed by atoms with Crippen LogP contribution in [-0.2, 0) is 19.5 Å². The molecule has 0 spiro atoms. The Bertz CT molecular complexity index is 571. The number of carboxylic acids is 1. The molecule has 0 aromatic heterocycles. The second kappa shape index (κ2) is 4.83. The van der Waals surface area contributed by atoms with Gasteiger partial charge >= 0.3 is 13.1 Å². The van der Waals surface area contributed by atoms with Gasteiger partial charge in [-0.25, -0.2) is 0 Å². The van der Waals surface area contributed by atoms with Crippen LogP contribution in [0.3, 0.4) is 0 Å². The monoisotopic (exact) mass is 302 g/mol. The van der Waals surface area contributed by atoms with Gasteiger partial charge in [-0.3, -0.25) is 4.79 Å². The third-order valence-electron chi connectivity index (χ3n) is 5.39. The molecule has 1 aliphatic carbocycles. The second-order valence-electron chi connectivity index (χ2n) is 7.56. The predicted molar refractivity (Wildman–Crippen MR) is 85.3 cm³/mol. The van der Waals surface area contributed by atoms with E-state index in [9.17, 15) is 4.79 Å². The number of hydrogen-bond acceptors (Lipinski definition) is 3. The lowest BCUT2D eigenvalue weighted by atomic mass is 9.77. The Balaban J connectivity index is 1.78. The van der Waals surface area contributed by atoms with Crippen molar-refractivity contribution in [3.8, 4) is 0 Å². The lowest BCUT2D eigenvalue weighted by Crippen LogP contribution is -2.41. The summed E-state index contributed by atoms with van der Waals surface area (Å²) in [4.78, 5) is 11.0. The summed E-state index contributed by atoms with van der Waals surface area (Å²) in [5, 5.41) is 9.05. The van der Waals surface area contributed by atoms with E-state index in [1.165, 1.54) is 0 Å². The van der Waals surface area contributed by atoms with Gasteiger partial charge in [-0.2, -0.15) is 0 Å². The fourth-order valence-electron chi connectivity index (χ4n) is 2.98. The molecular formula is C17H23BO4. The van der Waals surface area contributed by atoms with Crippen molar-refractivity contribution < 1.29 is 19.2 Å². The summed E-state index contributed by atoms with van der Waals surface area (Å²) in [6.45, 7) is 8.14. The van der Waals surface area contributed by atoms with Crippen LogP contribution in [0.1, 0.15) is 52.5 Å². The maximum Gasteiger partial charge on any atom is 0.494 e. The summed E-state index contributed by atoms with van der Waals surface area (Å²) in [6, 6.07) is 8.05. The minimum atomic E-state index is -0.729. The van der Waals surface area contributed by atoms with Crippen molar-refractivity contribution in [1.29, 1.82) is 0 Å². The number of carboxylic acid groups (broad SMARTS) is 1. The summed E-state index contributed by atoms with van der Waals surface area (Å²) in [5.74, 6) is -0.729. The van der Waals surface area contributed by atoms with Gasteiger partial charge in [-0.05, 0) is 51.6 Å². The minimum absolute atomic E-state index is 0.152. The molecular weight excluding hydrogens is 279 g/mol. The Kier molecular flexibility index (Phi) is 3.42. The molecule has 0 amide bonds. The van der Waals surface area contributed by atoms with Crippen molar-refractivity contribution in [2.24, 2.45) is 0 Å². The Morgan fingerprint density at radius 3 is 2.00 bits per heavy atom. The number of rotatable bonds is 4. The van der Waals surface area contributed by atoms with E-state index in [1.807, 2.05) is 52.0 Å². The molecule has 118 valence electrons. The van der Waals surface area contributed by atoms with E-state index in [0.29, 0.717) is 0 Å². The minimum Gasteiger partial charge on any atom is -0.481 e. The zero-order valence-electron chi connectivity index (χ0n) is 13.7. The van der Waals surface area contributed by atoms with Crippen molar-refractivity contribution in [3.05, 3.63) is 29.8 Å². The maximum absolute atomic E-state index is 11.0. The van der Waals surface area contributed by atoms with Gasteiger partial charge in [-0.1, -0.05) is 24.3 Å². The normalized spacial score (nSPS) is 24.3. The maximum atomic E-state index is 11.0. The van der Waals surface area contributed by atoms with Gasteiger partial charge in [0.05, 0.1) is 17.6 Å². The molecule has 3 rings (SSSR count).